The van der Waals surface area contributed by atoms with Gasteiger partial charge in [0.2, 0.25) is 5.91 Å². The van der Waals surface area contributed by atoms with Crippen molar-refractivity contribution in [3.8, 4) is 11.4 Å². The first kappa shape index (κ1) is 33.6. The molecule has 6 rings (SSSR count). The van der Waals surface area contributed by atoms with Crippen molar-refractivity contribution in [2.45, 2.75) is 39.7 Å². The highest BCUT2D eigenvalue weighted by molar-refractivity contribution is 6.07. The van der Waals surface area contributed by atoms with Crippen LogP contribution < -0.4 is 20.7 Å². The van der Waals surface area contributed by atoms with Crippen LogP contribution in [-0.4, -0.2) is 76.3 Å². The summed E-state index contributed by atoms with van der Waals surface area (Å²) in [5, 5.41) is 15.5. The minimum Gasteiger partial charge on any atom is -0.488 e. The van der Waals surface area contributed by atoms with Gasteiger partial charge < -0.3 is 20.3 Å². The van der Waals surface area contributed by atoms with E-state index in [1.165, 1.54) is 0 Å². The number of unbranched alkanes of at least 4 members (excludes halogenated alkanes) is 1. The molecule has 2 aromatic heterocycles. The number of nitrogens with zero attached hydrogens (tertiary/aromatic N) is 5. The molecule has 3 amide bonds. The van der Waals surface area contributed by atoms with Crippen molar-refractivity contribution in [1.29, 1.82) is 0 Å². The van der Waals surface area contributed by atoms with Gasteiger partial charge >= 0.3 is 6.03 Å². The lowest BCUT2D eigenvalue weighted by molar-refractivity contribution is -0.117. The number of rotatable bonds is 12. The Kier molecular flexibility index (Phi) is 10.8. The summed E-state index contributed by atoms with van der Waals surface area (Å²) in [6, 6.07) is 24.8. The average Bonchev–Trinajstić information content (AvgIpc) is 3.50. The number of anilines is 3. The largest absolute Gasteiger partial charge is 0.488 e. The minimum atomic E-state index is -0.367. The summed E-state index contributed by atoms with van der Waals surface area (Å²) in [5.74, 6) is 1.70. The van der Waals surface area contributed by atoms with Gasteiger partial charge in [0.05, 0.1) is 23.6 Å². The molecule has 1 aliphatic rings. The highest BCUT2D eigenvalue weighted by atomic mass is 16.5. The van der Waals surface area contributed by atoms with Gasteiger partial charge in [-0.25, -0.2) is 14.5 Å². The van der Waals surface area contributed by atoms with E-state index in [4.69, 9.17) is 9.84 Å². The number of carbonyl (C=O) groups excluding carboxylic acids is 2. The third kappa shape index (κ3) is 8.81. The number of likely N-dealkylation sites (N-methyl/N-ethyl adjacent to an activating group) is 1. The normalized spacial score (nSPS) is 13.7. The molecule has 3 N–H and O–H groups in total. The van der Waals surface area contributed by atoms with E-state index in [1.807, 2.05) is 85.8 Å². The molecule has 1 aliphatic heterocycles. The molecule has 49 heavy (non-hydrogen) atoms. The number of fused-ring (bicyclic) bond motifs is 1. The SMILES string of the molecule is CCCCc1cc(NC(=O)Nc2ccc(OCc3ccnc(NC(=O)CN4CCN(C)CC4)c3)c3ccccc23)n(-c2ccc(C)cc2)n1. The van der Waals surface area contributed by atoms with E-state index in [0.29, 0.717) is 29.6 Å². The Labute approximate surface area is 287 Å². The van der Waals surface area contributed by atoms with Crippen molar-refractivity contribution >= 4 is 40.0 Å². The summed E-state index contributed by atoms with van der Waals surface area (Å²) in [4.78, 5) is 34.8. The first-order valence-corrected chi connectivity index (χ1v) is 16.9. The van der Waals surface area contributed by atoms with Crippen LogP contribution in [0.4, 0.5) is 22.1 Å². The molecular formula is C38H44N8O3. The molecule has 1 fully saturated rings. The van der Waals surface area contributed by atoms with E-state index in [1.54, 1.807) is 10.9 Å². The van der Waals surface area contributed by atoms with Gasteiger partial charge in [-0.1, -0.05) is 55.3 Å². The summed E-state index contributed by atoms with van der Waals surface area (Å²) >= 11 is 0. The number of carbonyl (C=O) groups is 2. The van der Waals surface area contributed by atoms with Crippen LogP contribution in [0.15, 0.2) is 85.1 Å². The number of hydrogen-bond donors (Lipinski definition) is 3. The fourth-order valence-electron chi connectivity index (χ4n) is 5.84. The number of piperazine rings is 1. The number of aryl methyl sites for hydroxylation is 2. The van der Waals surface area contributed by atoms with Crippen LogP contribution in [0, 0.1) is 6.92 Å². The summed E-state index contributed by atoms with van der Waals surface area (Å²) in [7, 11) is 2.09. The number of benzene rings is 3. The van der Waals surface area contributed by atoms with Crippen LogP contribution in [0.25, 0.3) is 16.5 Å². The lowest BCUT2D eigenvalue weighted by atomic mass is 10.1. The highest BCUT2D eigenvalue weighted by Gasteiger charge is 2.18. The van der Waals surface area contributed by atoms with E-state index in [0.717, 1.165) is 78.7 Å². The van der Waals surface area contributed by atoms with Gasteiger partial charge in [0.25, 0.3) is 0 Å². The second kappa shape index (κ2) is 15.8. The molecule has 0 atom stereocenters. The van der Waals surface area contributed by atoms with Gasteiger partial charge in [-0.3, -0.25) is 15.0 Å². The second-order valence-corrected chi connectivity index (χ2v) is 12.6. The molecule has 3 aromatic carbocycles. The molecule has 0 aliphatic carbocycles. The fraction of sp³-hybridized carbons (Fsp3) is 0.316. The van der Waals surface area contributed by atoms with Crippen LogP contribution in [0.1, 0.15) is 36.6 Å². The van der Waals surface area contributed by atoms with E-state index >= 15 is 0 Å². The lowest BCUT2D eigenvalue weighted by Gasteiger charge is -2.31. The van der Waals surface area contributed by atoms with E-state index in [2.05, 4.69) is 44.7 Å². The zero-order valence-corrected chi connectivity index (χ0v) is 28.4. The van der Waals surface area contributed by atoms with Crippen LogP contribution in [0.5, 0.6) is 5.75 Å². The molecule has 1 saturated heterocycles. The molecule has 0 radical (unpaired) electrons. The number of aromatic nitrogens is 3. The first-order valence-electron chi connectivity index (χ1n) is 16.9. The topological polar surface area (TPSA) is 117 Å². The lowest BCUT2D eigenvalue weighted by Crippen LogP contribution is -2.47. The van der Waals surface area contributed by atoms with Crippen LogP contribution >= 0.6 is 0 Å². The zero-order chi connectivity index (χ0) is 34.2. The van der Waals surface area contributed by atoms with Gasteiger partial charge in [0.15, 0.2) is 0 Å². The number of urea groups is 1. The van der Waals surface area contributed by atoms with Crippen molar-refractivity contribution in [3.63, 3.8) is 0 Å². The van der Waals surface area contributed by atoms with E-state index in [-0.39, 0.29) is 18.5 Å². The van der Waals surface area contributed by atoms with Gasteiger partial charge in [-0.15, -0.1) is 0 Å². The van der Waals surface area contributed by atoms with Gasteiger partial charge in [-0.2, -0.15) is 5.10 Å². The molecule has 0 unspecified atom stereocenters. The smallest absolute Gasteiger partial charge is 0.324 e. The molecule has 0 saturated carbocycles. The highest BCUT2D eigenvalue weighted by Crippen LogP contribution is 2.32. The summed E-state index contributed by atoms with van der Waals surface area (Å²) in [5.41, 5.74) is 4.49. The third-order valence-electron chi connectivity index (χ3n) is 8.65. The Balaban J connectivity index is 1.11. The van der Waals surface area contributed by atoms with E-state index in [9.17, 15) is 9.59 Å². The Morgan fingerprint density at radius 1 is 0.878 bits per heavy atom. The fourth-order valence-corrected chi connectivity index (χ4v) is 5.84. The number of ether oxygens (including phenoxy) is 1. The zero-order valence-electron chi connectivity index (χ0n) is 28.4. The number of amides is 3. The quantitative estimate of drug-likeness (QED) is 0.140. The number of nitrogens with one attached hydrogen (secondary N) is 3. The Hall–Kier alpha value is -5.26. The maximum Gasteiger partial charge on any atom is 0.324 e. The van der Waals surface area contributed by atoms with Crippen LogP contribution in [-0.2, 0) is 17.8 Å². The minimum absolute atomic E-state index is 0.0789. The molecule has 11 heteroatoms. The third-order valence-corrected chi connectivity index (χ3v) is 8.65. The Morgan fingerprint density at radius 2 is 1.65 bits per heavy atom. The molecule has 11 nitrogen and oxygen atoms in total. The average molecular weight is 661 g/mol. The van der Waals surface area contributed by atoms with Crippen LogP contribution in [0.2, 0.25) is 0 Å². The van der Waals surface area contributed by atoms with Crippen LogP contribution in [0.3, 0.4) is 0 Å². The maximum absolute atomic E-state index is 13.4. The van der Waals surface area contributed by atoms with Crippen molar-refractivity contribution in [2.75, 3.05) is 55.7 Å². The van der Waals surface area contributed by atoms with Crippen molar-refractivity contribution in [2.24, 2.45) is 0 Å². The Morgan fingerprint density at radius 3 is 2.43 bits per heavy atom. The summed E-state index contributed by atoms with van der Waals surface area (Å²) in [6.45, 7) is 8.48. The molecule has 254 valence electrons. The standard InChI is InChI=1S/C38H44N8O3/c1-4-5-8-29-24-36(46(43-29)30-13-11-27(2)12-14-30)42-38(48)40-33-15-16-34(32-10-7-6-9-31(32)33)49-26-28-17-18-39-35(23-28)41-37(47)25-45-21-19-44(3)20-22-45/h6-7,9-18,23-24H,4-5,8,19-22,25-26H2,1-3H3,(H,39,41,47)(H2,40,42,48). The predicted octanol–water partition coefficient (Wildman–Crippen LogP) is 6.48. The first-order chi connectivity index (χ1) is 23.8. The monoisotopic (exact) mass is 660 g/mol. The summed E-state index contributed by atoms with van der Waals surface area (Å²) < 4.78 is 8.05. The molecule has 5 aromatic rings. The van der Waals surface area contributed by atoms with Gasteiger partial charge in [0, 0.05) is 49.2 Å². The van der Waals surface area contributed by atoms with E-state index < -0.39 is 0 Å². The number of hydrogen-bond acceptors (Lipinski definition) is 7. The van der Waals surface area contributed by atoms with Crippen molar-refractivity contribution < 1.29 is 14.3 Å². The second-order valence-electron chi connectivity index (χ2n) is 12.6. The molecular weight excluding hydrogens is 616 g/mol. The van der Waals surface area contributed by atoms with Crippen molar-refractivity contribution in [3.05, 3.63) is 102 Å². The molecule has 0 spiro atoms. The maximum atomic E-state index is 13.4. The van der Waals surface area contributed by atoms with Gasteiger partial charge in [0.1, 0.15) is 24.0 Å². The number of pyridine rings is 1. The van der Waals surface area contributed by atoms with Gasteiger partial charge in [-0.05, 0) is 68.8 Å². The predicted molar refractivity (Wildman–Crippen MR) is 195 cm³/mol. The Bertz CT molecular complexity index is 1900. The summed E-state index contributed by atoms with van der Waals surface area (Å²) in [6.07, 6.45) is 4.59. The molecule has 3 heterocycles. The van der Waals surface area contributed by atoms with Crippen molar-refractivity contribution in [1.82, 2.24) is 24.6 Å². The molecule has 0 bridgehead atoms.